The number of carboxylic acids is 1. The molecule has 6 nitrogen and oxygen atoms in total. The summed E-state index contributed by atoms with van der Waals surface area (Å²) in [6, 6.07) is 3.18. The van der Waals surface area contributed by atoms with Crippen molar-refractivity contribution >= 4 is 16.0 Å². The number of rotatable bonds is 6. The Labute approximate surface area is 123 Å². The van der Waals surface area contributed by atoms with E-state index in [1.807, 2.05) is 0 Å². The molecular formula is C14H15NO5S. The molecule has 0 heterocycles. The zero-order valence-electron chi connectivity index (χ0n) is 11.2. The van der Waals surface area contributed by atoms with Gasteiger partial charge in [-0.3, -0.25) is 0 Å². The molecule has 112 valence electrons. The number of carbonyl (C=O) groups is 1. The number of hydrogen-bond acceptors (Lipinski definition) is 4. The minimum Gasteiger partial charge on any atom is -0.507 e. The number of carboxylic acid groups (broad SMARTS) is 1. The van der Waals surface area contributed by atoms with E-state index in [1.165, 1.54) is 10.4 Å². The molecule has 0 spiro atoms. The van der Waals surface area contributed by atoms with Gasteiger partial charge in [-0.2, -0.15) is 4.31 Å². The molecular weight excluding hydrogens is 294 g/mol. The minimum atomic E-state index is -3.87. The molecule has 0 saturated heterocycles. The van der Waals surface area contributed by atoms with Gasteiger partial charge in [0.1, 0.15) is 11.3 Å². The lowest BCUT2D eigenvalue weighted by atomic mass is 10.2. The van der Waals surface area contributed by atoms with Gasteiger partial charge < -0.3 is 10.2 Å². The van der Waals surface area contributed by atoms with Crippen LogP contribution in [0.15, 0.2) is 23.1 Å². The third-order valence-electron chi connectivity index (χ3n) is 3.26. The fourth-order valence-electron chi connectivity index (χ4n) is 1.93. The quantitative estimate of drug-likeness (QED) is 0.768. The van der Waals surface area contributed by atoms with Crippen molar-refractivity contribution in [1.29, 1.82) is 0 Å². The van der Waals surface area contributed by atoms with E-state index in [2.05, 4.69) is 5.92 Å². The largest absolute Gasteiger partial charge is 0.507 e. The van der Waals surface area contributed by atoms with Crippen molar-refractivity contribution in [3.63, 3.8) is 0 Å². The van der Waals surface area contributed by atoms with E-state index < -0.39 is 27.3 Å². The zero-order valence-corrected chi connectivity index (χ0v) is 12.0. The summed E-state index contributed by atoms with van der Waals surface area (Å²) in [6.45, 7) is 0.262. The van der Waals surface area contributed by atoms with Crippen molar-refractivity contribution in [3.8, 4) is 18.1 Å². The summed E-state index contributed by atoms with van der Waals surface area (Å²) in [6.07, 6.45) is 7.14. The third kappa shape index (κ3) is 3.35. The topological polar surface area (TPSA) is 94.9 Å². The standard InChI is InChI=1S/C14H15NO5S/c1-2-7-15(9-10-3-4-10)21(19,20)11-5-6-13(16)12(8-11)14(17)18/h1,5-6,8,10,16H,3-4,7,9H2,(H,17,18). The van der Waals surface area contributed by atoms with Gasteiger partial charge >= 0.3 is 5.97 Å². The molecule has 2 rings (SSSR count). The smallest absolute Gasteiger partial charge is 0.339 e. The summed E-state index contributed by atoms with van der Waals surface area (Å²) in [5.74, 6) is 0.743. The van der Waals surface area contributed by atoms with Crippen LogP contribution in [0.5, 0.6) is 5.75 Å². The van der Waals surface area contributed by atoms with Crippen LogP contribution in [0.1, 0.15) is 23.2 Å². The molecule has 1 saturated carbocycles. The maximum atomic E-state index is 12.5. The molecule has 0 aliphatic heterocycles. The predicted molar refractivity (Wildman–Crippen MR) is 75.4 cm³/mol. The van der Waals surface area contributed by atoms with Crippen LogP contribution in [-0.4, -0.2) is 42.0 Å². The average Bonchev–Trinajstić information content (AvgIpc) is 3.22. The normalized spacial score (nSPS) is 14.9. The Morgan fingerprint density at radius 3 is 2.62 bits per heavy atom. The minimum absolute atomic E-state index is 0.0673. The number of aromatic carboxylic acids is 1. The van der Waals surface area contributed by atoms with Crippen molar-refractivity contribution < 1.29 is 23.4 Å². The van der Waals surface area contributed by atoms with Gasteiger partial charge in [0.15, 0.2) is 0 Å². The molecule has 0 radical (unpaired) electrons. The van der Waals surface area contributed by atoms with Crippen LogP contribution in [0, 0.1) is 18.3 Å². The molecule has 1 aliphatic rings. The van der Waals surface area contributed by atoms with Gasteiger partial charge in [0, 0.05) is 6.54 Å². The SMILES string of the molecule is C#CCN(CC1CC1)S(=O)(=O)c1ccc(O)c(C(=O)O)c1. The summed E-state index contributed by atoms with van der Waals surface area (Å²) in [5.41, 5.74) is -0.455. The fraction of sp³-hybridized carbons (Fsp3) is 0.357. The molecule has 21 heavy (non-hydrogen) atoms. The van der Waals surface area contributed by atoms with Gasteiger partial charge in [0.25, 0.3) is 0 Å². The van der Waals surface area contributed by atoms with E-state index in [9.17, 15) is 18.3 Å². The summed E-state index contributed by atoms with van der Waals surface area (Å²) in [5, 5.41) is 18.4. The van der Waals surface area contributed by atoms with Crippen LogP contribution in [0.25, 0.3) is 0 Å². The van der Waals surface area contributed by atoms with E-state index in [0.29, 0.717) is 12.5 Å². The van der Waals surface area contributed by atoms with E-state index in [0.717, 1.165) is 25.0 Å². The molecule has 0 aromatic heterocycles. The highest BCUT2D eigenvalue weighted by molar-refractivity contribution is 7.89. The highest BCUT2D eigenvalue weighted by Gasteiger charge is 2.31. The Bertz CT molecular complexity index is 701. The Morgan fingerprint density at radius 2 is 2.10 bits per heavy atom. The second kappa shape index (κ2) is 5.76. The molecule has 7 heteroatoms. The Kier molecular flexibility index (Phi) is 4.21. The number of benzene rings is 1. The van der Waals surface area contributed by atoms with Crippen LogP contribution in [0.4, 0.5) is 0 Å². The van der Waals surface area contributed by atoms with Gasteiger partial charge in [-0.1, -0.05) is 5.92 Å². The van der Waals surface area contributed by atoms with Gasteiger partial charge in [-0.05, 0) is 37.0 Å². The van der Waals surface area contributed by atoms with Gasteiger partial charge in [-0.25, -0.2) is 13.2 Å². The second-order valence-corrected chi connectivity index (χ2v) is 6.87. The van der Waals surface area contributed by atoms with Crippen molar-refractivity contribution in [2.24, 2.45) is 5.92 Å². The molecule has 1 fully saturated rings. The first-order chi connectivity index (χ1) is 9.86. The van der Waals surface area contributed by atoms with Crippen LogP contribution in [-0.2, 0) is 10.0 Å². The number of nitrogens with zero attached hydrogens (tertiary/aromatic N) is 1. The Morgan fingerprint density at radius 1 is 1.43 bits per heavy atom. The molecule has 0 bridgehead atoms. The summed E-state index contributed by atoms with van der Waals surface area (Å²) in [4.78, 5) is 10.8. The predicted octanol–water partition coefficient (Wildman–Crippen LogP) is 1.12. The first-order valence-electron chi connectivity index (χ1n) is 6.36. The number of aromatic hydroxyl groups is 1. The second-order valence-electron chi connectivity index (χ2n) is 4.93. The lowest BCUT2D eigenvalue weighted by Gasteiger charge is -2.20. The van der Waals surface area contributed by atoms with Gasteiger partial charge in [0.05, 0.1) is 11.4 Å². The van der Waals surface area contributed by atoms with E-state index in [4.69, 9.17) is 11.5 Å². The molecule has 0 atom stereocenters. The van der Waals surface area contributed by atoms with Crippen molar-refractivity contribution in [3.05, 3.63) is 23.8 Å². The van der Waals surface area contributed by atoms with E-state index in [1.54, 1.807) is 0 Å². The average molecular weight is 309 g/mol. The van der Waals surface area contributed by atoms with Crippen molar-refractivity contribution in [2.45, 2.75) is 17.7 Å². The van der Waals surface area contributed by atoms with Crippen LogP contribution >= 0.6 is 0 Å². The van der Waals surface area contributed by atoms with Crippen LogP contribution in [0.3, 0.4) is 0 Å². The van der Waals surface area contributed by atoms with Gasteiger partial charge in [-0.15, -0.1) is 6.42 Å². The third-order valence-corrected chi connectivity index (χ3v) is 5.07. The molecule has 0 amide bonds. The van der Waals surface area contributed by atoms with Crippen LogP contribution in [0.2, 0.25) is 0 Å². The van der Waals surface area contributed by atoms with Crippen molar-refractivity contribution in [1.82, 2.24) is 4.31 Å². The summed E-state index contributed by atoms with van der Waals surface area (Å²) < 4.78 is 26.2. The van der Waals surface area contributed by atoms with Gasteiger partial charge in [0.2, 0.25) is 10.0 Å². The number of sulfonamides is 1. The Hall–Kier alpha value is -2.04. The number of hydrogen-bond donors (Lipinski definition) is 2. The molecule has 0 unspecified atom stereocenters. The fourth-order valence-corrected chi connectivity index (χ4v) is 3.39. The molecule has 1 aliphatic carbocycles. The highest BCUT2D eigenvalue weighted by Crippen LogP contribution is 2.32. The number of phenols is 1. The zero-order chi connectivity index (χ0) is 15.6. The van der Waals surface area contributed by atoms with Crippen molar-refractivity contribution in [2.75, 3.05) is 13.1 Å². The van der Waals surface area contributed by atoms with E-state index in [-0.39, 0.29) is 11.4 Å². The van der Waals surface area contributed by atoms with E-state index >= 15 is 0 Å². The molecule has 2 N–H and O–H groups in total. The number of terminal acetylenes is 1. The Balaban J connectivity index is 2.39. The maximum Gasteiger partial charge on any atom is 0.339 e. The molecule has 1 aromatic rings. The highest BCUT2D eigenvalue weighted by atomic mass is 32.2. The maximum absolute atomic E-state index is 12.5. The lowest BCUT2D eigenvalue weighted by Crippen LogP contribution is -2.33. The first-order valence-corrected chi connectivity index (χ1v) is 7.80. The lowest BCUT2D eigenvalue weighted by molar-refractivity contribution is 0.0693. The monoisotopic (exact) mass is 309 g/mol. The summed E-state index contributed by atoms with van der Waals surface area (Å²) >= 11 is 0. The summed E-state index contributed by atoms with van der Waals surface area (Å²) in [7, 11) is -3.87. The molecule has 1 aromatic carbocycles. The van der Waals surface area contributed by atoms with Crippen LogP contribution < -0.4 is 0 Å². The first kappa shape index (κ1) is 15.4.